The summed E-state index contributed by atoms with van der Waals surface area (Å²) < 4.78 is 22.1. The maximum absolute atomic E-state index is 14.4. The Labute approximate surface area is 304 Å². The van der Waals surface area contributed by atoms with E-state index in [4.69, 9.17) is 18.6 Å². The van der Waals surface area contributed by atoms with Gasteiger partial charge in [-0.05, 0) is 71.7 Å². The Kier molecular flexibility index (Phi) is 11.5. The van der Waals surface area contributed by atoms with Crippen molar-refractivity contribution in [1.82, 2.24) is 9.88 Å². The van der Waals surface area contributed by atoms with Crippen LogP contribution in [0.15, 0.2) is 95.4 Å². The Balaban J connectivity index is 1.38. The quantitative estimate of drug-likeness (QED) is 0.0714. The summed E-state index contributed by atoms with van der Waals surface area (Å²) in [5.41, 5.74) is 2.75. The number of carbonyl (C=O) groups is 4. The summed E-state index contributed by atoms with van der Waals surface area (Å²) >= 11 is 0. The number of nitrogens with zero attached hydrogens (tertiary/aromatic N) is 2. The van der Waals surface area contributed by atoms with Crippen molar-refractivity contribution in [3.05, 3.63) is 108 Å². The molecule has 4 aromatic carbocycles. The van der Waals surface area contributed by atoms with E-state index in [1.54, 1.807) is 19.1 Å². The minimum Gasteiger partial charge on any atom is -0.481 e. The highest BCUT2D eigenvalue weighted by molar-refractivity contribution is 6.40. The van der Waals surface area contributed by atoms with E-state index < -0.39 is 67.2 Å². The molecule has 53 heavy (non-hydrogen) atoms. The van der Waals surface area contributed by atoms with Gasteiger partial charge in [0.05, 0.1) is 19.6 Å². The van der Waals surface area contributed by atoms with Gasteiger partial charge in [0.2, 0.25) is 18.5 Å². The van der Waals surface area contributed by atoms with Crippen LogP contribution in [-0.2, 0) is 30.5 Å². The van der Waals surface area contributed by atoms with Gasteiger partial charge in [0.15, 0.2) is 17.1 Å². The van der Waals surface area contributed by atoms with Gasteiger partial charge in [-0.2, -0.15) is 0 Å². The van der Waals surface area contributed by atoms with Crippen molar-refractivity contribution >= 4 is 51.6 Å². The van der Waals surface area contributed by atoms with Crippen molar-refractivity contribution in [2.45, 2.75) is 44.4 Å². The number of para-hydroxylation sites is 2. The molecular formula is C40H38N2O11. The lowest BCUT2D eigenvalue weighted by molar-refractivity contribution is -0.166. The molecule has 1 amide bonds. The van der Waals surface area contributed by atoms with Gasteiger partial charge in [0.25, 0.3) is 5.91 Å². The monoisotopic (exact) mass is 722 g/mol. The summed E-state index contributed by atoms with van der Waals surface area (Å²) in [6, 6.07) is 25.3. The average Bonchev–Trinajstić information content (AvgIpc) is 3.82. The molecule has 0 bridgehead atoms. The highest BCUT2D eigenvalue weighted by atomic mass is 16.7. The molecule has 0 aliphatic carbocycles. The number of hydrogen-bond donors (Lipinski definition) is 3. The number of oxazole rings is 1. The number of carboxylic acid groups (broad SMARTS) is 1. The second kappa shape index (κ2) is 16.5. The molecule has 0 spiro atoms. The van der Waals surface area contributed by atoms with Crippen molar-refractivity contribution in [2.75, 3.05) is 20.0 Å². The molecule has 13 heteroatoms. The Morgan fingerprint density at radius 2 is 1.64 bits per heavy atom. The lowest BCUT2D eigenvalue weighted by Crippen LogP contribution is -2.48. The summed E-state index contributed by atoms with van der Waals surface area (Å²) in [4.78, 5) is 59.2. The number of carbonyl (C=O) groups excluding carboxylic acids is 3. The Morgan fingerprint density at radius 1 is 0.906 bits per heavy atom. The third-order valence-electron chi connectivity index (χ3n) is 9.17. The normalized spacial score (nSPS) is 14.0. The summed E-state index contributed by atoms with van der Waals surface area (Å²) in [6.07, 6.45) is 1.46. The number of ketones is 1. The minimum absolute atomic E-state index is 0.0478. The van der Waals surface area contributed by atoms with E-state index in [-0.39, 0.29) is 13.3 Å². The lowest BCUT2D eigenvalue weighted by atomic mass is 9.87. The first-order valence-electron chi connectivity index (χ1n) is 17.0. The van der Waals surface area contributed by atoms with Gasteiger partial charge in [-0.15, -0.1) is 0 Å². The third kappa shape index (κ3) is 8.54. The van der Waals surface area contributed by atoms with Gasteiger partial charge >= 0.3 is 11.9 Å². The van der Waals surface area contributed by atoms with Gasteiger partial charge < -0.3 is 38.8 Å². The van der Waals surface area contributed by atoms with E-state index in [9.17, 15) is 34.5 Å². The number of aliphatic hydroxyl groups excluding tert-OH is 2. The molecule has 5 aromatic rings. The number of rotatable bonds is 16. The van der Waals surface area contributed by atoms with Crippen LogP contribution in [0.3, 0.4) is 0 Å². The number of benzene rings is 4. The van der Waals surface area contributed by atoms with Crippen LogP contribution in [0, 0.1) is 5.92 Å². The molecule has 0 saturated heterocycles. The summed E-state index contributed by atoms with van der Waals surface area (Å²) in [5.74, 6) is -6.34. The number of allylic oxidation sites excluding steroid dienone is 1. The van der Waals surface area contributed by atoms with Crippen molar-refractivity contribution < 1.29 is 53.1 Å². The number of aliphatic carboxylic acids is 1. The second-order valence-corrected chi connectivity index (χ2v) is 12.7. The van der Waals surface area contributed by atoms with E-state index in [0.717, 1.165) is 16.3 Å². The Bertz CT molecular complexity index is 2120. The van der Waals surface area contributed by atoms with Crippen molar-refractivity contribution in [1.29, 1.82) is 0 Å². The number of ether oxygens (including phenoxy) is 3. The fourth-order valence-corrected chi connectivity index (χ4v) is 6.31. The van der Waals surface area contributed by atoms with Crippen LogP contribution in [0.1, 0.15) is 42.7 Å². The van der Waals surface area contributed by atoms with Crippen LogP contribution in [0.5, 0.6) is 11.5 Å². The number of fused-ring (bicyclic) bond motifs is 3. The topological polar surface area (TPSA) is 186 Å². The highest BCUT2D eigenvalue weighted by Crippen LogP contribution is 2.38. The zero-order valence-electron chi connectivity index (χ0n) is 28.8. The van der Waals surface area contributed by atoms with Gasteiger partial charge in [0, 0.05) is 18.5 Å². The van der Waals surface area contributed by atoms with Crippen molar-refractivity contribution in [3.8, 4) is 11.5 Å². The first-order chi connectivity index (χ1) is 25.6. The number of aliphatic hydroxyl groups is 2. The largest absolute Gasteiger partial charge is 0.481 e. The molecule has 0 radical (unpaired) electrons. The van der Waals surface area contributed by atoms with Crippen molar-refractivity contribution in [2.24, 2.45) is 5.92 Å². The first kappa shape index (κ1) is 36.7. The lowest BCUT2D eigenvalue weighted by Gasteiger charge is -2.35. The summed E-state index contributed by atoms with van der Waals surface area (Å²) in [5, 5.41) is 30.4. The predicted octanol–water partition coefficient (Wildman–Crippen LogP) is 4.87. The maximum atomic E-state index is 14.4. The van der Waals surface area contributed by atoms with Crippen molar-refractivity contribution in [3.63, 3.8) is 0 Å². The predicted molar refractivity (Wildman–Crippen MR) is 192 cm³/mol. The maximum Gasteiger partial charge on any atom is 0.318 e. The van der Waals surface area contributed by atoms with Crippen LogP contribution in [-0.4, -0.2) is 81.0 Å². The molecule has 274 valence electrons. The van der Waals surface area contributed by atoms with E-state index in [1.807, 2.05) is 84.9 Å². The number of hydrogen-bond acceptors (Lipinski definition) is 11. The molecule has 1 aliphatic rings. The Morgan fingerprint density at radius 3 is 2.40 bits per heavy atom. The van der Waals surface area contributed by atoms with E-state index in [1.165, 1.54) is 4.90 Å². The third-order valence-corrected chi connectivity index (χ3v) is 9.17. The molecule has 1 unspecified atom stereocenters. The van der Waals surface area contributed by atoms with Crippen LogP contribution < -0.4 is 9.47 Å². The number of aromatic nitrogens is 1. The van der Waals surface area contributed by atoms with Crippen LogP contribution in [0.4, 0.5) is 0 Å². The molecule has 2 heterocycles. The number of amides is 1. The molecule has 3 atom stereocenters. The summed E-state index contributed by atoms with van der Waals surface area (Å²) in [7, 11) is 0. The SMILES string of the molecule is C[C@H]([C@H](CC=Cc1nc2ccccc2o1)c1ccc2c(c1)OCO2)N(Cc1ccc2ccccc2c1)C(=O)C(=O)C(CC(=O)O)C(=O)OC(CO)CO. The number of Topliss-reactive ketones (excluding diaryl/α,β-unsaturated/α-hetero) is 1. The van der Waals surface area contributed by atoms with Gasteiger partial charge in [-0.3, -0.25) is 19.2 Å². The van der Waals surface area contributed by atoms with E-state index in [2.05, 4.69) is 4.98 Å². The van der Waals surface area contributed by atoms with Crippen LogP contribution >= 0.6 is 0 Å². The fraction of sp³-hybridized carbons (Fsp3) is 0.275. The zero-order chi connectivity index (χ0) is 37.5. The fourth-order valence-electron chi connectivity index (χ4n) is 6.31. The molecule has 0 fully saturated rings. The standard InChI is InChI=1S/C40H38N2O11/c1-24(30(28-15-16-34-35(18-28)51-23-50-34)9-6-12-36-41-32-10-4-5-11-33(32)53-36)42(20-25-13-14-26-7-2-3-8-27(26)17-25)39(48)38(47)31(19-37(45)46)40(49)52-29(21-43)22-44/h2-8,10-18,24,29-31,43-44H,9,19-23H2,1H3,(H,45,46)/t24-,30+,31?/m1/s1. The van der Waals surface area contributed by atoms with Crippen LogP contribution in [0.25, 0.3) is 27.9 Å². The molecule has 6 rings (SSSR count). The van der Waals surface area contributed by atoms with Gasteiger partial charge in [-0.25, -0.2) is 4.98 Å². The van der Waals surface area contributed by atoms with Gasteiger partial charge in [0.1, 0.15) is 17.5 Å². The number of carboxylic acids is 1. The van der Waals surface area contributed by atoms with Crippen LogP contribution in [0.2, 0.25) is 0 Å². The minimum atomic E-state index is -2.03. The molecule has 1 aromatic heterocycles. The zero-order valence-corrected chi connectivity index (χ0v) is 28.8. The Hall–Kier alpha value is -6.05. The average molecular weight is 723 g/mol. The molecule has 13 nitrogen and oxygen atoms in total. The molecule has 1 aliphatic heterocycles. The molecule has 3 N–H and O–H groups in total. The second-order valence-electron chi connectivity index (χ2n) is 12.7. The smallest absolute Gasteiger partial charge is 0.318 e. The van der Waals surface area contributed by atoms with E-state index >= 15 is 0 Å². The first-order valence-corrected chi connectivity index (χ1v) is 17.0. The highest BCUT2D eigenvalue weighted by Gasteiger charge is 2.40. The van der Waals surface area contributed by atoms with Gasteiger partial charge in [-0.1, -0.05) is 60.7 Å². The number of esters is 1. The molecule has 0 saturated carbocycles. The summed E-state index contributed by atoms with van der Waals surface area (Å²) in [6.45, 7) is 0.198. The molecular weight excluding hydrogens is 684 g/mol. The van der Waals surface area contributed by atoms with E-state index in [0.29, 0.717) is 40.5 Å².